The maximum Gasteiger partial charge on any atom is 0.137 e. The van der Waals surface area contributed by atoms with Gasteiger partial charge in [-0.15, -0.1) is 0 Å². The van der Waals surface area contributed by atoms with Crippen molar-refractivity contribution < 1.29 is 4.74 Å². The molecule has 2 nitrogen and oxygen atoms in total. The van der Waals surface area contributed by atoms with Crippen LogP contribution in [0.1, 0.15) is 19.4 Å². The minimum absolute atomic E-state index is 0.0438. The molecule has 3 heteroatoms. The van der Waals surface area contributed by atoms with Gasteiger partial charge in [-0.3, -0.25) is 0 Å². The molecule has 2 N–H and O–H groups in total. The highest BCUT2D eigenvalue weighted by Crippen LogP contribution is 2.30. The van der Waals surface area contributed by atoms with Crippen LogP contribution >= 0.6 is 11.6 Å². The van der Waals surface area contributed by atoms with E-state index < -0.39 is 0 Å². The minimum Gasteiger partial charge on any atom is -0.495 e. The van der Waals surface area contributed by atoms with Gasteiger partial charge < -0.3 is 10.5 Å². The van der Waals surface area contributed by atoms with E-state index in [9.17, 15) is 0 Å². The molecule has 78 valence electrons. The van der Waals surface area contributed by atoms with Crippen LogP contribution in [-0.4, -0.2) is 13.7 Å². The predicted molar refractivity (Wildman–Crippen MR) is 60.1 cm³/mol. The molecule has 1 aromatic rings. The summed E-state index contributed by atoms with van der Waals surface area (Å²) in [4.78, 5) is 0. The van der Waals surface area contributed by atoms with Crippen molar-refractivity contribution in [3.8, 4) is 5.75 Å². The largest absolute Gasteiger partial charge is 0.495 e. The predicted octanol–water partition coefficient (Wildman–Crippen LogP) is 2.58. The molecular weight excluding hydrogens is 198 g/mol. The van der Waals surface area contributed by atoms with E-state index in [4.69, 9.17) is 22.1 Å². The van der Waals surface area contributed by atoms with E-state index in [1.54, 1.807) is 7.11 Å². The molecule has 0 heterocycles. The highest BCUT2D eigenvalue weighted by Gasteiger charge is 2.19. The average Bonchev–Trinajstić information content (AvgIpc) is 2.18. The monoisotopic (exact) mass is 213 g/mol. The van der Waals surface area contributed by atoms with Crippen molar-refractivity contribution in [2.24, 2.45) is 5.73 Å². The first-order valence-corrected chi connectivity index (χ1v) is 4.93. The zero-order valence-corrected chi connectivity index (χ0v) is 9.56. The molecular formula is C11H16ClNO. The van der Waals surface area contributed by atoms with Gasteiger partial charge in [-0.1, -0.05) is 31.5 Å². The Balaban J connectivity index is 3.12. The van der Waals surface area contributed by atoms with Crippen LogP contribution in [0.3, 0.4) is 0 Å². The zero-order chi connectivity index (χ0) is 10.8. The Bertz CT molecular complexity index is 323. The zero-order valence-electron chi connectivity index (χ0n) is 8.80. The van der Waals surface area contributed by atoms with Crippen LogP contribution in [0.25, 0.3) is 0 Å². The Hall–Kier alpha value is -0.730. The molecule has 0 saturated heterocycles. The van der Waals surface area contributed by atoms with Crippen molar-refractivity contribution >= 4 is 11.6 Å². The van der Waals surface area contributed by atoms with E-state index in [1.807, 2.05) is 18.2 Å². The summed E-state index contributed by atoms with van der Waals surface area (Å²) in [6.45, 7) is 4.78. The summed E-state index contributed by atoms with van der Waals surface area (Å²) < 4.78 is 5.15. The number of hydrogen-bond acceptors (Lipinski definition) is 2. The first-order valence-electron chi connectivity index (χ1n) is 4.55. The summed E-state index contributed by atoms with van der Waals surface area (Å²) >= 11 is 5.93. The molecule has 0 aliphatic rings. The van der Waals surface area contributed by atoms with E-state index in [0.717, 1.165) is 5.56 Å². The fraction of sp³-hybridized carbons (Fsp3) is 0.455. The van der Waals surface area contributed by atoms with Crippen molar-refractivity contribution in [2.75, 3.05) is 13.7 Å². The van der Waals surface area contributed by atoms with Crippen LogP contribution in [0.15, 0.2) is 18.2 Å². The fourth-order valence-corrected chi connectivity index (χ4v) is 1.39. The summed E-state index contributed by atoms with van der Waals surface area (Å²) in [7, 11) is 1.61. The number of methoxy groups -OCH3 is 1. The third kappa shape index (κ3) is 2.20. The second-order valence-electron chi connectivity index (χ2n) is 3.94. The average molecular weight is 214 g/mol. The second-order valence-corrected chi connectivity index (χ2v) is 4.34. The second kappa shape index (κ2) is 4.20. The van der Waals surface area contributed by atoms with Crippen LogP contribution in [0.5, 0.6) is 5.75 Å². The fourth-order valence-electron chi connectivity index (χ4n) is 1.20. The van der Waals surface area contributed by atoms with Crippen LogP contribution in [0.2, 0.25) is 5.02 Å². The van der Waals surface area contributed by atoms with Gasteiger partial charge in [0.1, 0.15) is 5.75 Å². The van der Waals surface area contributed by atoms with Crippen molar-refractivity contribution in [2.45, 2.75) is 19.3 Å². The lowest BCUT2D eigenvalue weighted by Crippen LogP contribution is -2.27. The van der Waals surface area contributed by atoms with Gasteiger partial charge in [0.25, 0.3) is 0 Å². The molecule has 0 unspecified atom stereocenters. The summed E-state index contributed by atoms with van der Waals surface area (Å²) in [5.74, 6) is 0.700. The van der Waals surface area contributed by atoms with Gasteiger partial charge in [0.05, 0.1) is 12.1 Å². The lowest BCUT2D eigenvalue weighted by molar-refractivity contribution is 0.412. The SMILES string of the molecule is COc1cc(C(C)(C)CN)ccc1Cl. The van der Waals surface area contributed by atoms with Gasteiger partial charge in [0, 0.05) is 12.0 Å². The van der Waals surface area contributed by atoms with E-state index in [1.165, 1.54) is 0 Å². The maximum atomic E-state index is 5.93. The molecule has 1 aromatic carbocycles. The van der Waals surface area contributed by atoms with Crippen molar-refractivity contribution in [1.82, 2.24) is 0 Å². The molecule has 0 radical (unpaired) electrons. The van der Waals surface area contributed by atoms with E-state index in [-0.39, 0.29) is 5.41 Å². The Kier molecular flexibility index (Phi) is 3.40. The number of nitrogens with two attached hydrogens (primary N) is 1. The van der Waals surface area contributed by atoms with Gasteiger partial charge in [-0.25, -0.2) is 0 Å². The first-order chi connectivity index (χ1) is 6.51. The molecule has 0 fully saturated rings. The molecule has 1 rings (SSSR count). The molecule has 0 spiro atoms. The minimum atomic E-state index is -0.0438. The molecule has 0 aromatic heterocycles. The standard InChI is InChI=1S/C11H16ClNO/c1-11(2,7-13)8-4-5-9(12)10(6-8)14-3/h4-6H,7,13H2,1-3H3. The number of rotatable bonds is 3. The van der Waals surface area contributed by atoms with Crippen molar-refractivity contribution in [1.29, 1.82) is 0 Å². The number of halogens is 1. The lowest BCUT2D eigenvalue weighted by Gasteiger charge is -2.23. The molecule has 0 aliphatic heterocycles. The van der Waals surface area contributed by atoms with Gasteiger partial charge in [-0.05, 0) is 17.7 Å². The van der Waals surface area contributed by atoms with Crippen molar-refractivity contribution in [3.63, 3.8) is 0 Å². The molecule has 0 bridgehead atoms. The van der Waals surface area contributed by atoms with E-state index in [0.29, 0.717) is 17.3 Å². The molecule has 0 aliphatic carbocycles. The molecule has 14 heavy (non-hydrogen) atoms. The summed E-state index contributed by atoms with van der Waals surface area (Å²) in [6, 6.07) is 5.76. The third-order valence-electron chi connectivity index (χ3n) is 2.44. The number of hydrogen-bond donors (Lipinski definition) is 1. The number of ether oxygens (including phenoxy) is 1. The summed E-state index contributed by atoms with van der Waals surface area (Å²) in [5.41, 5.74) is 6.79. The number of benzene rings is 1. The Morgan fingerprint density at radius 2 is 2.07 bits per heavy atom. The lowest BCUT2D eigenvalue weighted by atomic mass is 9.85. The van der Waals surface area contributed by atoms with Gasteiger partial charge in [-0.2, -0.15) is 0 Å². The smallest absolute Gasteiger partial charge is 0.137 e. The van der Waals surface area contributed by atoms with Crippen LogP contribution in [0, 0.1) is 0 Å². The van der Waals surface area contributed by atoms with Crippen LogP contribution in [-0.2, 0) is 5.41 Å². The third-order valence-corrected chi connectivity index (χ3v) is 2.76. The van der Waals surface area contributed by atoms with Crippen LogP contribution in [0.4, 0.5) is 0 Å². The Morgan fingerprint density at radius 1 is 1.43 bits per heavy atom. The van der Waals surface area contributed by atoms with Gasteiger partial charge in [0.15, 0.2) is 0 Å². The highest BCUT2D eigenvalue weighted by atomic mass is 35.5. The van der Waals surface area contributed by atoms with Crippen molar-refractivity contribution in [3.05, 3.63) is 28.8 Å². The highest BCUT2D eigenvalue weighted by molar-refractivity contribution is 6.32. The summed E-state index contributed by atoms with van der Waals surface area (Å²) in [5, 5.41) is 0.629. The molecule has 0 amide bonds. The molecule has 0 atom stereocenters. The van der Waals surface area contributed by atoms with E-state index in [2.05, 4.69) is 13.8 Å². The van der Waals surface area contributed by atoms with Crippen LogP contribution < -0.4 is 10.5 Å². The Morgan fingerprint density at radius 3 is 2.57 bits per heavy atom. The summed E-state index contributed by atoms with van der Waals surface area (Å²) in [6.07, 6.45) is 0. The normalized spacial score (nSPS) is 11.5. The Labute approximate surface area is 90.0 Å². The first kappa shape index (κ1) is 11.3. The van der Waals surface area contributed by atoms with Gasteiger partial charge in [0.2, 0.25) is 0 Å². The van der Waals surface area contributed by atoms with E-state index >= 15 is 0 Å². The topological polar surface area (TPSA) is 35.2 Å². The van der Waals surface area contributed by atoms with Gasteiger partial charge >= 0.3 is 0 Å². The molecule has 0 saturated carbocycles. The maximum absolute atomic E-state index is 5.93. The quantitative estimate of drug-likeness (QED) is 0.838.